The smallest absolute Gasteiger partial charge is 0.405 e. The molecule has 0 spiro atoms. The van der Waals surface area contributed by atoms with Gasteiger partial charge in [-0.1, -0.05) is 51.0 Å². The number of hydrogen-bond donors (Lipinski definition) is 5. The van der Waals surface area contributed by atoms with Crippen molar-refractivity contribution in [1.29, 1.82) is 0 Å². The minimum Gasteiger partial charge on any atom is -0.439 e. The average molecular weight is 750 g/mol. The molecule has 294 valence electrons. The average Bonchev–Trinajstić information content (AvgIpc) is 3.14. The Morgan fingerprint density at radius 1 is 1.02 bits per heavy atom. The molecule has 54 heavy (non-hydrogen) atoms. The summed E-state index contributed by atoms with van der Waals surface area (Å²) in [7, 11) is 2.92. The number of ketones is 2. The van der Waals surface area contributed by atoms with Gasteiger partial charge in [-0.3, -0.25) is 24.2 Å². The molecule has 2 heterocycles. The quantitative estimate of drug-likeness (QED) is 0.118. The molecule has 0 unspecified atom stereocenters. The molecule has 6 N–H and O–H groups in total. The molecular weight excluding hydrogens is 694 g/mol. The first-order chi connectivity index (χ1) is 25.8. The van der Waals surface area contributed by atoms with Gasteiger partial charge in [0.1, 0.15) is 6.10 Å². The largest absolute Gasteiger partial charge is 0.439 e. The van der Waals surface area contributed by atoms with E-state index in [4.69, 9.17) is 19.9 Å². The fourth-order valence-electron chi connectivity index (χ4n) is 6.40. The van der Waals surface area contributed by atoms with Gasteiger partial charge in [0.05, 0.1) is 23.6 Å². The number of Topliss-reactive ketones (excluding diaryl/α,β-unsaturated/α-hetero) is 1. The van der Waals surface area contributed by atoms with E-state index in [0.29, 0.717) is 30.6 Å². The van der Waals surface area contributed by atoms with Gasteiger partial charge in [-0.05, 0) is 63.2 Å². The van der Waals surface area contributed by atoms with E-state index in [1.54, 1.807) is 63.5 Å². The molecule has 3 amide bonds. The number of primary amides is 1. The van der Waals surface area contributed by atoms with Crippen molar-refractivity contribution in [2.24, 2.45) is 17.6 Å². The Morgan fingerprint density at radius 3 is 2.35 bits per heavy atom. The van der Waals surface area contributed by atoms with Crippen molar-refractivity contribution in [3.63, 3.8) is 0 Å². The lowest BCUT2D eigenvalue weighted by atomic mass is 9.85. The number of amides is 3. The molecule has 1 aromatic heterocycles. The topological polar surface area (TPSA) is 208 Å². The van der Waals surface area contributed by atoms with Gasteiger partial charge < -0.3 is 41.0 Å². The van der Waals surface area contributed by atoms with Gasteiger partial charge >= 0.3 is 6.09 Å². The Labute approximate surface area is 317 Å². The predicted octanol–water partition coefficient (Wildman–Crippen LogP) is 3.74. The van der Waals surface area contributed by atoms with Crippen molar-refractivity contribution in [3.05, 3.63) is 88.6 Å². The van der Waals surface area contributed by atoms with Crippen LogP contribution in [-0.4, -0.2) is 91.3 Å². The molecule has 2 bridgehead atoms. The monoisotopic (exact) mass is 749 g/mol. The van der Waals surface area contributed by atoms with Crippen LogP contribution < -0.4 is 21.7 Å². The summed E-state index contributed by atoms with van der Waals surface area (Å²) in [6.45, 7) is 7.96. The number of unbranched alkanes of at least 4 members (excludes halogenated alkanes) is 3. The van der Waals surface area contributed by atoms with Crippen LogP contribution in [-0.2, 0) is 28.6 Å². The first-order valence-electron chi connectivity index (χ1n) is 18.3. The minimum absolute atomic E-state index is 0.136. The van der Waals surface area contributed by atoms with E-state index in [0.717, 1.165) is 31.8 Å². The maximum atomic E-state index is 13.9. The van der Waals surface area contributed by atoms with E-state index in [1.807, 2.05) is 6.92 Å². The number of nitrogens with one attached hydrogen (secondary N) is 3. The Morgan fingerprint density at radius 2 is 1.70 bits per heavy atom. The molecular formula is C40H55N5O9. The second-order valence-corrected chi connectivity index (χ2v) is 13.8. The highest BCUT2D eigenvalue weighted by atomic mass is 16.6. The number of carbonyl (C=O) groups excluding carboxylic acids is 5. The number of carbonyl (C=O) groups is 5. The fourth-order valence-corrected chi connectivity index (χ4v) is 6.40. The first-order valence-corrected chi connectivity index (χ1v) is 18.3. The highest BCUT2D eigenvalue weighted by molar-refractivity contribution is 6.23. The van der Waals surface area contributed by atoms with Crippen LogP contribution in [0.1, 0.15) is 76.6 Å². The highest BCUT2D eigenvalue weighted by Crippen LogP contribution is 2.29. The lowest BCUT2D eigenvalue weighted by molar-refractivity contribution is -0.120. The van der Waals surface area contributed by atoms with Crippen LogP contribution in [0.5, 0.6) is 0 Å². The molecule has 0 aromatic carbocycles. The van der Waals surface area contributed by atoms with E-state index in [2.05, 4.69) is 20.9 Å². The number of aliphatic hydroxyl groups is 1. The first kappa shape index (κ1) is 43.5. The second-order valence-electron chi connectivity index (χ2n) is 13.8. The normalized spacial score (nSPS) is 27.1. The van der Waals surface area contributed by atoms with Crippen molar-refractivity contribution in [3.8, 4) is 0 Å². The van der Waals surface area contributed by atoms with E-state index >= 15 is 0 Å². The zero-order chi connectivity index (χ0) is 39.8. The standard InChI is InChI=1S/C40H55N5O9/c1-24-20-29-34(43-16-9-7-8-10-17-44-39(50)28-14-18-42-19-15-28)31(46)23-30(36(29)48)45-38(49)25(2)12-11-13-32(52-5)37(54-40(41)51)27(4)22-26(3)35(47)33(21-24)53-6/h11-15,18-19,22-24,26,32-33,35,37,43,47H,7-10,16-17,20-21H2,1-6H3,(H2,41,51)(H,44,50)(H,45,49)/b13-11-,25-12+,27-22+/t24-,26+,32+,33+,35-,37+/m1/s1. The predicted molar refractivity (Wildman–Crippen MR) is 203 cm³/mol. The number of aliphatic hydroxyl groups excluding tert-OH is 1. The van der Waals surface area contributed by atoms with Gasteiger partial charge in [0.25, 0.3) is 11.8 Å². The van der Waals surface area contributed by atoms with E-state index in [1.165, 1.54) is 20.3 Å². The molecule has 3 rings (SSSR count). The maximum absolute atomic E-state index is 13.9. The highest BCUT2D eigenvalue weighted by Gasteiger charge is 2.33. The third kappa shape index (κ3) is 12.9. The summed E-state index contributed by atoms with van der Waals surface area (Å²) in [4.78, 5) is 68.6. The van der Waals surface area contributed by atoms with Crippen molar-refractivity contribution in [2.45, 2.75) is 90.6 Å². The second kappa shape index (κ2) is 21.7. The van der Waals surface area contributed by atoms with Gasteiger partial charge in [0, 0.05) is 68.4 Å². The lowest BCUT2D eigenvalue weighted by Gasteiger charge is -2.30. The summed E-state index contributed by atoms with van der Waals surface area (Å²) in [6.07, 6.45) is 10.0. The molecule has 1 aliphatic heterocycles. The van der Waals surface area contributed by atoms with Crippen LogP contribution in [0.15, 0.2) is 83.0 Å². The molecule has 1 aliphatic carbocycles. The number of fused-ring (bicyclic) bond motifs is 2. The summed E-state index contributed by atoms with van der Waals surface area (Å²) in [5.74, 6) is -2.34. The molecule has 1 aromatic rings. The summed E-state index contributed by atoms with van der Waals surface area (Å²) in [5, 5.41) is 20.1. The Balaban J connectivity index is 1.81. The third-order valence-electron chi connectivity index (χ3n) is 9.43. The van der Waals surface area contributed by atoms with Gasteiger partial charge in [0.15, 0.2) is 6.10 Å². The van der Waals surface area contributed by atoms with Crippen LogP contribution in [0.25, 0.3) is 0 Å². The van der Waals surface area contributed by atoms with Crippen molar-refractivity contribution < 1.29 is 43.3 Å². The number of methoxy groups -OCH3 is 2. The number of allylic oxidation sites excluding steroid dienone is 4. The third-order valence-corrected chi connectivity index (χ3v) is 9.43. The van der Waals surface area contributed by atoms with Gasteiger partial charge in [-0.25, -0.2) is 4.79 Å². The maximum Gasteiger partial charge on any atom is 0.405 e. The van der Waals surface area contributed by atoms with Gasteiger partial charge in [-0.2, -0.15) is 0 Å². The van der Waals surface area contributed by atoms with E-state index in [9.17, 15) is 29.1 Å². The lowest BCUT2D eigenvalue weighted by Crippen LogP contribution is -2.38. The molecule has 0 radical (unpaired) electrons. The summed E-state index contributed by atoms with van der Waals surface area (Å²) in [5.41, 5.74) is 7.04. The number of ether oxygens (including phenoxy) is 3. The molecule has 2 aliphatic rings. The van der Waals surface area contributed by atoms with E-state index in [-0.39, 0.29) is 40.8 Å². The summed E-state index contributed by atoms with van der Waals surface area (Å²) >= 11 is 0. The number of pyridine rings is 1. The van der Waals surface area contributed by atoms with Gasteiger partial charge in [0.2, 0.25) is 11.6 Å². The SMILES string of the molecule is CO[C@H]1/C=C\C=C(/C)C(=O)NC2=CC(=O)C(NCCCCCCNC(=O)c3ccncc3)=C(C[C@@H](C)C[C@H](OC)[C@H](O)[C@@H](C)/C=C(\C)[C@@H]1OC(N)=O)C2=O. The number of nitrogens with two attached hydrogens (primary N) is 1. The van der Waals surface area contributed by atoms with Crippen molar-refractivity contribution >= 4 is 29.5 Å². The Bertz CT molecular complexity index is 1650. The molecule has 14 nitrogen and oxygen atoms in total. The Hall–Kier alpha value is -4.92. The number of aromatic nitrogens is 1. The fraction of sp³-hybridized carbons (Fsp3) is 0.500. The summed E-state index contributed by atoms with van der Waals surface area (Å²) < 4.78 is 16.7. The van der Waals surface area contributed by atoms with Crippen molar-refractivity contribution in [2.75, 3.05) is 27.3 Å². The molecule has 0 saturated heterocycles. The number of nitrogens with zero attached hydrogens (tertiary/aromatic N) is 1. The number of rotatable bonds is 12. The zero-order valence-corrected chi connectivity index (χ0v) is 32.1. The Kier molecular flexibility index (Phi) is 17.5. The molecule has 6 atom stereocenters. The van der Waals surface area contributed by atoms with Gasteiger partial charge in [-0.15, -0.1) is 0 Å². The van der Waals surface area contributed by atoms with Crippen LogP contribution in [0.3, 0.4) is 0 Å². The van der Waals surface area contributed by atoms with Crippen LogP contribution in [0.2, 0.25) is 0 Å². The molecule has 14 heteroatoms. The van der Waals surface area contributed by atoms with Crippen molar-refractivity contribution in [1.82, 2.24) is 20.9 Å². The molecule has 0 fully saturated rings. The summed E-state index contributed by atoms with van der Waals surface area (Å²) in [6, 6.07) is 3.31. The number of hydrogen-bond acceptors (Lipinski definition) is 11. The minimum atomic E-state index is -1.01. The van der Waals surface area contributed by atoms with Crippen LogP contribution in [0.4, 0.5) is 4.79 Å². The molecule has 0 saturated carbocycles. The van der Waals surface area contributed by atoms with Crippen LogP contribution >= 0.6 is 0 Å². The van der Waals surface area contributed by atoms with Crippen LogP contribution in [0, 0.1) is 11.8 Å². The zero-order valence-electron chi connectivity index (χ0n) is 32.1. The van der Waals surface area contributed by atoms with E-state index < -0.39 is 53.9 Å².